The maximum absolute atomic E-state index is 12.8. The summed E-state index contributed by atoms with van der Waals surface area (Å²) in [5.74, 6) is 1.19. The van der Waals surface area contributed by atoms with Gasteiger partial charge < -0.3 is 0 Å². The van der Waals surface area contributed by atoms with Crippen LogP contribution in [0.4, 0.5) is 4.39 Å². The van der Waals surface area contributed by atoms with Crippen LogP contribution in [0, 0.1) is 11.7 Å². The molecular formula is C12H14ClFN4. The van der Waals surface area contributed by atoms with Crippen LogP contribution in [0.2, 0.25) is 0 Å². The number of halogens is 2. The molecule has 0 aliphatic rings. The molecule has 1 heterocycles. The van der Waals surface area contributed by atoms with Crippen molar-refractivity contribution in [2.75, 3.05) is 5.88 Å². The molecule has 0 saturated carbocycles. The van der Waals surface area contributed by atoms with Gasteiger partial charge in [-0.1, -0.05) is 12.1 Å². The van der Waals surface area contributed by atoms with E-state index in [-0.39, 0.29) is 11.7 Å². The van der Waals surface area contributed by atoms with Crippen molar-refractivity contribution in [2.24, 2.45) is 13.0 Å². The molecule has 6 heteroatoms. The highest BCUT2D eigenvalue weighted by molar-refractivity contribution is 6.18. The lowest BCUT2D eigenvalue weighted by Crippen LogP contribution is -2.11. The standard InChI is InChI=1S/C12H14ClFN4/c1-18-16-12(15-17-18)7-10(8-13)6-9-2-4-11(14)5-3-9/h2-5,10H,6-8H2,1H3. The molecule has 0 N–H and O–H groups in total. The molecule has 0 fully saturated rings. The molecular weight excluding hydrogens is 255 g/mol. The van der Waals surface area contributed by atoms with Gasteiger partial charge in [-0.15, -0.1) is 21.8 Å². The molecule has 96 valence electrons. The van der Waals surface area contributed by atoms with E-state index in [2.05, 4.69) is 15.4 Å². The van der Waals surface area contributed by atoms with Gasteiger partial charge in [0.25, 0.3) is 0 Å². The molecule has 0 saturated heterocycles. The number of nitrogens with zero attached hydrogens (tertiary/aromatic N) is 4. The summed E-state index contributed by atoms with van der Waals surface area (Å²) in [5.41, 5.74) is 1.06. The van der Waals surface area contributed by atoms with E-state index >= 15 is 0 Å². The van der Waals surface area contributed by atoms with Crippen molar-refractivity contribution in [1.29, 1.82) is 0 Å². The van der Waals surface area contributed by atoms with Gasteiger partial charge in [-0.2, -0.15) is 4.80 Å². The van der Waals surface area contributed by atoms with E-state index in [0.29, 0.717) is 18.1 Å². The van der Waals surface area contributed by atoms with Gasteiger partial charge in [0.15, 0.2) is 5.82 Å². The maximum Gasteiger partial charge on any atom is 0.175 e. The fraction of sp³-hybridized carbons (Fsp3) is 0.417. The lowest BCUT2D eigenvalue weighted by Gasteiger charge is -2.11. The lowest BCUT2D eigenvalue weighted by molar-refractivity contribution is 0.559. The molecule has 2 rings (SSSR count). The Balaban J connectivity index is 1.99. The topological polar surface area (TPSA) is 43.6 Å². The summed E-state index contributed by atoms with van der Waals surface area (Å²) in [6.07, 6.45) is 1.46. The van der Waals surface area contributed by atoms with Crippen molar-refractivity contribution in [3.05, 3.63) is 41.5 Å². The zero-order valence-corrected chi connectivity index (χ0v) is 10.8. The van der Waals surface area contributed by atoms with Crippen molar-refractivity contribution >= 4 is 11.6 Å². The third kappa shape index (κ3) is 3.50. The molecule has 1 aromatic carbocycles. The minimum atomic E-state index is -0.225. The zero-order valence-electron chi connectivity index (χ0n) is 10.1. The Hall–Kier alpha value is -1.49. The first kappa shape index (κ1) is 13.0. The monoisotopic (exact) mass is 268 g/mol. The highest BCUT2D eigenvalue weighted by Crippen LogP contribution is 2.14. The fourth-order valence-corrected chi connectivity index (χ4v) is 2.02. The highest BCUT2D eigenvalue weighted by atomic mass is 35.5. The third-order valence-corrected chi connectivity index (χ3v) is 3.11. The Morgan fingerprint density at radius 2 is 2.00 bits per heavy atom. The number of rotatable bonds is 5. The van der Waals surface area contributed by atoms with Crippen molar-refractivity contribution in [2.45, 2.75) is 12.8 Å². The van der Waals surface area contributed by atoms with Gasteiger partial charge in [-0.25, -0.2) is 4.39 Å². The average molecular weight is 269 g/mol. The van der Waals surface area contributed by atoms with Gasteiger partial charge in [-0.05, 0) is 35.2 Å². The Bertz CT molecular complexity index is 497. The first-order valence-electron chi connectivity index (χ1n) is 5.70. The van der Waals surface area contributed by atoms with Crippen LogP contribution in [0.5, 0.6) is 0 Å². The van der Waals surface area contributed by atoms with Crippen LogP contribution in [-0.2, 0) is 19.9 Å². The molecule has 1 aromatic heterocycles. The Kier molecular flexibility index (Phi) is 4.25. The van der Waals surface area contributed by atoms with Crippen LogP contribution in [-0.4, -0.2) is 26.1 Å². The van der Waals surface area contributed by atoms with E-state index in [1.165, 1.54) is 16.9 Å². The lowest BCUT2D eigenvalue weighted by atomic mass is 9.98. The van der Waals surface area contributed by atoms with Crippen LogP contribution in [0.25, 0.3) is 0 Å². The molecule has 0 aliphatic heterocycles. The first-order valence-corrected chi connectivity index (χ1v) is 6.24. The van der Waals surface area contributed by atoms with Crippen molar-refractivity contribution < 1.29 is 4.39 Å². The SMILES string of the molecule is Cn1nnc(CC(CCl)Cc2ccc(F)cc2)n1. The van der Waals surface area contributed by atoms with Gasteiger partial charge in [0, 0.05) is 12.3 Å². The second kappa shape index (κ2) is 5.91. The smallest absolute Gasteiger partial charge is 0.175 e. The zero-order chi connectivity index (χ0) is 13.0. The van der Waals surface area contributed by atoms with E-state index in [0.717, 1.165) is 12.0 Å². The molecule has 1 atom stereocenters. The van der Waals surface area contributed by atoms with Crippen LogP contribution in [0.1, 0.15) is 11.4 Å². The maximum atomic E-state index is 12.8. The number of hydrogen-bond donors (Lipinski definition) is 0. The number of aromatic nitrogens is 4. The van der Waals surface area contributed by atoms with E-state index in [1.807, 2.05) is 0 Å². The number of hydrogen-bond acceptors (Lipinski definition) is 3. The second-order valence-corrected chi connectivity index (χ2v) is 4.56. The van der Waals surface area contributed by atoms with Gasteiger partial charge in [0.05, 0.1) is 7.05 Å². The molecule has 2 aromatic rings. The highest BCUT2D eigenvalue weighted by Gasteiger charge is 2.13. The summed E-state index contributed by atoms with van der Waals surface area (Å²) in [6, 6.07) is 6.47. The summed E-state index contributed by atoms with van der Waals surface area (Å²) in [6.45, 7) is 0. The molecule has 4 nitrogen and oxygen atoms in total. The van der Waals surface area contributed by atoms with E-state index in [4.69, 9.17) is 11.6 Å². The average Bonchev–Trinajstić information content (AvgIpc) is 2.77. The van der Waals surface area contributed by atoms with Crippen molar-refractivity contribution in [3.8, 4) is 0 Å². The van der Waals surface area contributed by atoms with Gasteiger partial charge in [0.2, 0.25) is 0 Å². The molecule has 0 spiro atoms. The predicted octanol–water partition coefficient (Wildman–Crippen LogP) is 1.99. The Morgan fingerprint density at radius 3 is 2.56 bits per heavy atom. The summed E-state index contributed by atoms with van der Waals surface area (Å²) in [4.78, 5) is 1.43. The minimum Gasteiger partial charge on any atom is -0.207 e. The molecule has 0 aliphatic carbocycles. The number of tetrazole rings is 1. The van der Waals surface area contributed by atoms with Crippen LogP contribution in [0.15, 0.2) is 24.3 Å². The van der Waals surface area contributed by atoms with E-state index < -0.39 is 0 Å². The van der Waals surface area contributed by atoms with Gasteiger partial charge in [0.1, 0.15) is 5.82 Å². The third-order valence-electron chi connectivity index (χ3n) is 2.68. The summed E-state index contributed by atoms with van der Waals surface area (Å²) in [5, 5.41) is 11.9. The quantitative estimate of drug-likeness (QED) is 0.779. The van der Waals surface area contributed by atoms with Gasteiger partial charge >= 0.3 is 0 Å². The van der Waals surface area contributed by atoms with Crippen LogP contribution >= 0.6 is 11.6 Å². The van der Waals surface area contributed by atoms with Crippen molar-refractivity contribution in [3.63, 3.8) is 0 Å². The number of alkyl halides is 1. The summed E-state index contributed by atoms with van der Waals surface area (Å²) < 4.78 is 12.8. The molecule has 0 bridgehead atoms. The Labute approximate surface area is 110 Å². The van der Waals surface area contributed by atoms with E-state index in [9.17, 15) is 4.39 Å². The minimum absolute atomic E-state index is 0.223. The fourth-order valence-electron chi connectivity index (χ4n) is 1.80. The summed E-state index contributed by atoms with van der Waals surface area (Å²) in [7, 11) is 1.73. The number of aryl methyl sites for hydroxylation is 1. The van der Waals surface area contributed by atoms with Gasteiger partial charge in [-0.3, -0.25) is 0 Å². The second-order valence-electron chi connectivity index (χ2n) is 4.25. The van der Waals surface area contributed by atoms with Crippen LogP contribution in [0.3, 0.4) is 0 Å². The normalized spacial score (nSPS) is 12.6. The first-order chi connectivity index (χ1) is 8.67. The predicted molar refractivity (Wildman–Crippen MR) is 66.8 cm³/mol. The summed E-state index contributed by atoms with van der Waals surface area (Å²) >= 11 is 5.95. The van der Waals surface area contributed by atoms with Crippen LogP contribution < -0.4 is 0 Å². The number of benzene rings is 1. The Morgan fingerprint density at radius 1 is 1.28 bits per heavy atom. The molecule has 0 radical (unpaired) electrons. The molecule has 0 amide bonds. The molecule has 1 unspecified atom stereocenters. The van der Waals surface area contributed by atoms with E-state index in [1.54, 1.807) is 19.2 Å². The molecule has 18 heavy (non-hydrogen) atoms. The largest absolute Gasteiger partial charge is 0.207 e. The van der Waals surface area contributed by atoms with Crippen molar-refractivity contribution in [1.82, 2.24) is 20.2 Å².